The van der Waals surface area contributed by atoms with Crippen molar-refractivity contribution in [2.24, 2.45) is 17.8 Å². The summed E-state index contributed by atoms with van der Waals surface area (Å²) in [6.07, 6.45) is 4.04. The van der Waals surface area contributed by atoms with Gasteiger partial charge in [0.2, 0.25) is 0 Å². The lowest BCUT2D eigenvalue weighted by molar-refractivity contribution is -0.115. The molecule has 4 rings (SSSR count). The summed E-state index contributed by atoms with van der Waals surface area (Å²) in [6.45, 7) is 0.412. The minimum atomic E-state index is -0.484. The van der Waals surface area contributed by atoms with E-state index in [0.717, 1.165) is 6.29 Å². The van der Waals surface area contributed by atoms with Crippen molar-refractivity contribution in [3.05, 3.63) is 42.5 Å². The van der Waals surface area contributed by atoms with Gasteiger partial charge in [-0.25, -0.2) is 4.79 Å². The van der Waals surface area contributed by atoms with Crippen LogP contribution in [0.5, 0.6) is 5.75 Å². The fourth-order valence-corrected chi connectivity index (χ4v) is 3.03. The molecule has 106 valence electrons. The van der Waals surface area contributed by atoms with Crippen LogP contribution in [0.2, 0.25) is 0 Å². The Labute approximate surface area is 122 Å². The molecule has 2 aliphatic heterocycles. The molecule has 1 aromatic carbocycles. The van der Waals surface area contributed by atoms with Crippen LogP contribution in [0.4, 0.5) is 4.79 Å². The topological polar surface area (TPSA) is 70.4 Å². The molecule has 21 heavy (non-hydrogen) atoms. The molecule has 2 heterocycles. The van der Waals surface area contributed by atoms with Gasteiger partial charge in [0.05, 0.1) is 23.9 Å². The quantitative estimate of drug-likeness (QED) is 0.614. The van der Waals surface area contributed by atoms with Gasteiger partial charge in [-0.2, -0.15) is 5.26 Å². The van der Waals surface area contributed by atoms with Crippen molar-refractivity contribution in [1.29, 1.82) is 5.26 Å². The fraction of sp³-hybridized carbons (Fsp3) is 0.312. The molecule has 5 heteroatoms. The lowest BCUT2D eigenvalue weighted by Crippen LogP contribution is -2.57. The van der Waals surface area contributed by atoms with Gasteiger partial charge in [0, 0.05) is 12.5 Å². The summed E-state index contributed by atoms with van der Waals surface area (Å²) < 4.78 is 5.32. The van der Waals surface area contributed by atoms with Crippen LogP contribution < -0.4 is 4.74 Å². The normalized spacial score (nSPS) is 29.8. The minimum absolute atomic E-state index is 0.112. The average molecular weight is 282 g/mol. The number of fused-ring (bicyclic) bond motifs is 2. The lowest BCUT2D eigenvalue weighted by Gasteiger charge is -2.46. The van der Waals surface area contributed by atoms with Crippen LogP contribution in [0, 0.1) is 29.1 Å². The van der Waals surface area contributed by atoms with E-state index in [4.69, 9.17) is 4.74 Å². The second-order valence-electron chi connectivity index (χ2n) is 5.24. The highest BCUT2D eigenvalue weighted by Crippen LogP contribution is 2.38. The maximum absolute atomic E-state index is 12.3. The molecule has 1 aliphatic carbocycles. The summed E-state index contributed by atoms with van der Waals surface area (Å²) in [7, 11) is 0. The van der Waals surface area contributed by atoms with Gasteiger partial charge in [0.25, 0.3) is 0 Å². The van der Waals surface area contributed by atoms with E-state index in [9.17, 15) is 14.9 Å². The number of amides is 1. The van der Waals surface area contributed by atoms with Crippen LogP contribution in [0.3, 0.4) is 0 Å². The van der Waals surface area contributed by atoms with E-state index < -0.39 is 18.1 Å². The molecular formula is C16H14N2O3. The van der Waals surface area contributed by atoms with Gasteiger partial charge in [-0.05, 0) is 12.1 Å². The maximum Gasteiger partial charge on any atom is 0.415 e. The lowest BCUT2D eigenvalue weighted by atomic mass is 9.70. The highest BCUT2D eigenvalue weighted by atomic mass is 16.6. The summed E-state index contributed by atoms with van der Waals surface area (Å²) >= 11 is 0. The number of aldehydes is 1. The van der Waals surface area contributed by atoms with Crippen LogP contribution in [0.15, 0.2) is 42.5 Å². The van der Waals surface area contributed by atoms with Crippen LogP contribution in [-0.2, 0) is 4.79 Å². The summed E-state index contributed by atoms with van der Waals surface area (Å²) in [6, 6.07) is 10.6. The van der Waals surface area contributed by atoms with Crippen LogP contribution >= 0.6 is 0 Å². The number of hydrogen-bond acceptors (Lipinski definition) is 4. The zero-order valence-electron chi connectivity index (χ0n) is 11.3. The smallest absolute Gasteiger partial charge is 0.410 e. The van der Waals surface area contributed by atoms with Gasteiger partial charge < -0.3 is 14.4 Å². The minimum Gasteiger partial charge on any atom is -0.410 e. The molecule has 0 radical (unpaired) electrons. The Morgan fingerprint density at radius 3 is 2.76 bits per heavy atom. The number of carbonyl (C=O) groups excluding carboxylic acids is 2. The van der Waals surface area contributed by atoms with Crippen molar-refractivity contribution in [2.45, 2.75) is 6.04 Å². The van der Waals surface area contributed by atoms with E-state index >= 15 is 0 Å². The monoisotopic (exact) mass is 282 g/mol. The molecule has 1 aromatic rings. The number of piperidine rings is 1. The first-order valence-electron chi connectivity index (χ1n) is 6.81. The zero-order chi connectivity index (χ0) is 14.8. The van der Waals surface area contributed by atoms with Crippen molar-refractivity contribution >= 4 is 12.4 Å². The van der Waals surface area contributed by atoms with E-state index in [0.29, 0.717) is 12.3 Å². The predicted molar refractivity (Wildman–Crippen MR) is 74.2 cm³/mol. The summed E-state index contributed by atoms with van der Waals surface area (Å²) in [5, 5.41) is 9.20. The van der Waals surface area contributed by atoms with Crippen molar-refractivity contribution in [2.75, 3.05) is 6.54 Å². The zero-order valence-corrected chi connectivity index (χ0v) is 11.3. The largest absolute Gasteiger partial charge is 0.415 e. The van der Waals surface area contributed by atoms with Crippen LogP contribution in [0.1, 0.15) is 0 Å². The Bertz CT molecular complexity index is 620. The number of nitrogens with zero attached hydrogens (tertiary/aromatic N) is 2. The first kappa shape index (κ1) is 13.4. The highest BCUT2D eigenvalue weighted by molar-refractivity contribution is 5.73. The molecule has 4 unspecified atom stereocenters. The summed E-state index contributed by atoms with van der Waals surface area (Å²) in [5.41, 5.74) is 0. The molecule has 3 aliphatic rings. The fourth-order valence-electron chi connectivity index (χ4n) is 3.03. The Balaban J connectivity index is 1.79. The van der Waals surface area contributed by atoms with Gasteiger partial charge in [-0.15, -0.1) is 0 Å². The van der Waals surface area contributed by atoms with Gasteiger partial charge in [-0.3, -0.25) is 0 Å². The molecule has 0 saturated carbocycles. The van der Waals surface area contributed by atoms with E-state index in [-0.39, 0.29) is 11.8 Å². The number of rotatable bonds is 2. The van der Waals surface area contributed by atoms with Gasteiger partial charge in [0.15, 0.2) is 0 Å². The molecule has 5 nitrogen and oxygen atoms in total. The molecule has 0 spiro atoms. The molecule has 2 bridgehead atoms. The van der Waals surface area contributed by atoms with Crippen molar-refractivity contribution in [3.63, 3.8) is 0 Å². The molecule has 0 N–H and O–H groups in total. The molecular weight excluding hydrogens is 268 g/mol. The van der Waals surface area contributed by atoms with E-state index in [1.165, 1.54) is 4.90 Å². The SMILES string of the molecule is N#CC1C2C=CC(C1C=O)N(C(=O)Oc1ccccc1)C2. The van der Waals surface area contributed by atoms with Crippen LogP contribution in [-0.4, -0.2) is 29.9 Å². The Hall–Kier alpha value is -2.61. The number of carbonyl (C=O) groups is 2. The first-order valence-corrected chi connectivity index (χ1v) is 6.81. The highest BCUT2D eigenvalue weighted by Gasteiger charge is 2.47. The molecule has 0 aromatic heterocycles. The standard InChI is InChI=1S/C16H14N2O3/c17-8-13-11-6-7-15(14(13)10-19)18(9-11)16(20)21-12-4-2-1-3-5-12/h1-7,10-11,13-15H,9H2. The third-order valence-corrected chi connectivity index (χ3v) is 4.08. The molecule has 1 saturated heterocycles. The number of hydrogen-bond donors (Lipinski definition) is 0. The van der Waals surface area contributed by atoms with Crippen molar-refractivity contribution < 1.29 is 14.3 Å². The van der Waals surface area contributed by atoms with Crippen molar-refractivity contribution in [1.82, 2.24) is 4.90 Å². The average Bonchev–Trinajstić information content (AvgIpc) is 2.55. The van der Waals surface area contributed by atoms with Crippen molar-refractivity contribution in [3.8, 4) is 11.8 Å². The van der Waals surface area contributed by atoms with E-state index in [1.807, 2.05) is 18.2 Å². The third-order valence-electron chi connectivity index (χ3n) is 4.08. The van der Waals surface area contributed by atoms with E-state index in [1.54, 1.807) is 24.3 Å². The summed E-state index contributed by atoms with van der Waals surface area (Å²) in [4.78, 5) is 25.1. The van der Waals surface area contributed by atoms with Gasteiger partial charge >= 0.3 is 6.09 Å². The Morgan fingerprint density at radius 1 is 1.33 bits per heavy atom. The number of ether oxygens (including phenoxy) is 1. The second kappa shape index (κ2) is 5.41. The molecule has 1 amide bonds. The molecule has 4 atom stereocenters. The number of para-hydroxylation sites is 1. The number of benzene rings is 1. The van der Waals surface area contributed by atoms with Gasteiger partial charge in [-0.1, -0.05) is 30.4 Å². The van der Waals surface area contributed by atoms with Gasteiger partial charge in [0.1, 0.15) is 12.0 Å². The first-order chi connectivity index (χ1) is 10.2. The Kier molecular flexibility index (Phi) is 3.44. The molecule has 1 fully saturated rings. The number of nitriles is 1. The second-order valence-corrected chi connectivity index (χ2v) is 5.24. The predicted octanol–water partition coefficient (Wildman–Crippen LogP) is 2.01. The Morgan fingerprint density at radius 2 is 2.10 bits per heavy atom. The van der Waals surface area contributed by atoms with Crippen LogP contribution in [0.25, 0.3) is 0 Å². The maximum atomic E-state index is 12.3. The van der Waals surface area contributed by atoms with E-state index in [2.05, 4.69) is 6.07 Å². The third kappa shape index (κ3) is 2.29. The summed E-state index contributed by atoms with van der Waals surface area (Å²) in [5.74, 6) is -0.494.